The van der Waals surface area contributed by atoms with Crippen LogP contribution in [-0.4, -0.2) is 89.3 Å². The number of amides is 2. The van der Waals surface area contributed by atoms with E-state index in [2.05, 4.69) is 20.2 Å². The zero-order chi connectivity index (χ0) is 26.8. The molecule has 11 nitrogen and oxygen atoms in total. The van der Waals surface area contributed by atoms with Gasteiger partial charge in [-0.25, -0.2) is 4.79 Å². The number of carboxylic acid groups (broad SMARTS) is 1. The number of aromatic nitrogens is 2. The highest BCUT2D eigenvalue weighted by atomic mass is 35.5. The Balaban J connectivity index is 1.46. The van der Waals surface area contributed by atoms with Gasteiger partial charge in [0.15, 0.2) is 11.5 Å². The van der Waals surface area contributed by atoms with Gasteiger partial charge in [0.1, 0.15) is 12.3 Å². The monoisotopic (exact) mass is 539 g/mol. The van der Waals surface area contributed by atoms with E-state index in [-0.39, 0.29) is 36.5 Å². The fourth-order valence-corrected chi connectivity index (χ4v) is 5.25. The molecule has 2 saturated heterocycles. The lowest BCUT2D eigenvalue weighted by Crippen LogP contribution is -2.48. The van der Waals surface area contributed by atoms with Crippen LogP contribution in [0.2, 0.25) is 5.02 Å². The first kappa shape index (κ1) is 25.8. The summed E-state index contributed by atoms with van der Waals surface area (Å²) in [5.74, 6) is -0.175. The molecule has 2 aromatic carbocycles. The van der Waals surface area contributed by atoms with Gasteiger partial charge in [0.2, 0.25) is 0 Å². The van der Waals surface area contributed by atoms with Crippen LogP contribution >= 0.6 is 11.6 Å². The predicted octanol–water partition coefficient (Wildman–Crippen LogP) is 3.39. The SMILES string of the molecule is CN1CCCC1COc1nc(C(=O)Nc2cccc3cccc(Cl)c23)c(N)c(N2CCN(C(=O)O)CC2)n1. The molecular weight excluding hydrogens is 510 g/mol. The zero-order valence-electron chi connectivity index (χ0n) is 21.1. The Kier molecular flexibility index (Phi) is 7.39. The number of fused-ring (bicyclic) bond motifs is 1. The Morgan fingerprint density at radius 2 is 1.87 bits per heavy atom. The number of likely N-dealkylation sites (N-methyl/N-ethyl adjacent to an activating group) is 1. The summed E-state index contributed by atoms with van der Waals surface area (Å²) in [6.45, 7) is 2.70. The molecular formula is C26H30ClN7O4. The van der Waals surface area contributed by atoms with E-state index < -0.39 is 12.0 Å². The lowest BCUT2D eigenvalue weighted by molar-refractivity contribution is 0.102. The summed E-state index contributed by atoms with van der Waals surface area (Å²) in [5.41, 5.74) is 7.08. The molecule has 38 heavy (non-hydrogen) atoms. The van der Waals surface area contributed by atoms with E-state index >= 15 is 0 Å². The lowest BCUT2D eigenvalue weighted by Gasteiger charge is -2.34. The van der Waals surface area contributed by atoms with Crippen molar-refractivity contribution in [2.75, 3.05) is 62.3 Å². The number of ether oxygens (including phenoxy) is 1. The summed E-state index contributed by atoms with van der Waals surface area (Å²) in [6.07, 6.45) is 1.12. The molecule has 2 aliphatic rings. The number of hydrogen-bond donors (Lipinski definition) is 3. The van der Waals surface area contributed by atoms with Gasteiger partial charge in [-0.15, -0.1) is 0 Å². The van der Waals surface area contributed by atoms with Crippen molar-refractivity contribution in [3.63, 3.8) is 0 Å². The third-order valence-electron chi connectivity index (χ3n) is 7.15. The van der Waals surface area contributed by atoms with Crippen LogP contribution in [0.3, 0.4) is 0 Å². The molecule has 0 saturated carbocycles. The van der Waals surface area contributed by atoms with E-state index in [1.165, 1.54) is 4.90 Å². The molecule has 0 spiro atoms. The second kappa shape index (κ2) is 10.9. The molecule has 2 amide bonds. The summed E-state index contributed by atoms with van der Waals surface area (Å²) >= 11 is 6.45. The van der Waals surface area contributed by atoms with Crippen molar-refractivity contribution in [2.24, 2.45) is 0 Å². The van der Waals surface area contributed by atoms with Crippen LogP contribution in [0.1, 0.15) is 23.3 Å². The Morgan fingerprint density at radius 3 is 2.55 bits per heavy atom. The Labute approximate surface area is 225 Å². The molecule has 2 fully saturated rings. The molecule has 4 N–H and O–H groups in total. The molecule has 0 radical (unpaired) electrons. The molecule has 5 rings (SSSR count). The quantitative estimate of drug-likeness (QED) is 0.430. The lowest BCUT2D eigenvalue weighted by atomic mass is 10.1. The van der Waals surface area contributed by atoms with Gasteiger partial charge >= 0.3 is 12.1 Å². The maximum Gasteiger partial charge on any atom is 0.407 e. The average Bonchev–Trinajstić information content (AvgIpc) is 3.32. The van der Waals surface area contributed by atoms with Crippen LogP contribution < -0.4 is 20.7 Å². The van der Waals surface area contributed by atoms with Crippen molar-refractivity contribution in [1.82, 2.24) is 19.8 Å². The number of anilines is 3. The highest BCUT2D eigenvalue weighted by Crippen LogP contribution is 2.32. The number of carbonyl (C=O) groups is 2. The minimum atomic E-state index is -0.973. The van der Waals surface area contributed by atoms with Gasteiger partial charge in [0.05, 0.1) is 10.7 Å². The number of nitrogens with two attached hydrogens (primary N) is 1. The third-order valence-corrected chi connectivity index (χ3v) is 7.46. The van der Waals surface area contributed by atoms with Crippen molar-refractivity contribution in [3.8, 4) is 6.01 Å². The maximum absolute atomic E-state index is 13.5. The summed E-state index contributed by atoms with van der Waals surface area (Å²) < 4.78 is 5.98. The van der Waals surface area contributed by atoms with Gasteiger partial charge in [-0.2, -0.15) is 9.97 Å². The first-order valence-corrected chi connectivity index (χ1v) is 12.9. The fourth-order valence-electron chi connectivity index (χ4n) is 4.97. The first-order valence-electron chi connectivity index (χ1n) is 12.5. The van der Waals surface area contributed by atoms with Crippen LogP contribution in [0.4, 0.5) is 22.0 Å². The van der Waals surface area contributed by atoms with Gasteiger partial charge in [-0.05, 0) is 44.0 Å². The molecule has 0 aliphatic carbocycles. The van der Waals surface area contributed by atoms with Crippen molar-refractivity contribution in [2.45, 2.75) is 18.9 Å². The molecule has 0 bridgehead atoms. The van der Waals surface area contributed by atoms with E-state index in [1.54, 1.807) is 12.1 Å². The number of piperazine rings is 1. The van der Waals surface area contributed by atoms with E-state index in [0.29, 0.717) is 41.6 Å². The number of carbonyl (C=O) groups excluding carboxylic acids is 1. The van der Waals surface area contributed by atoms with Crippen molar-refractivity contribution >= 4 is 51.6 Å². The number of rotatable bonds is 6. The summed E-state index contributed by atoms with van der Waals surface area (Å²) in [5, 5.41) is 14.3. The standard InChI is InChI=1S/C26H30ClN7O4/c1-32-10-4-7-17(32)15-38-25-30-22(21(28)23(31-25)33-11-13-34(14-12-33)26(36)37)24(35)29-19-9-3-6-16-5-2-8-18(27)20(16)19/h2-3,5-6,8-9,17H,4,7,10-15,28H2,1H3,(H,29,35)(H,36,37). The Morgan fingerprint density at radius 1 is 1.13 bits per heavy atom. The number of nitrogens with zero attached hydrogens (tertiary/aromatic N) is 5. The number of hydrogen-bond acceptors (Lipinski definition) is 8. The summed E-state index contributed by atoms with van der Waals surface area (Å²) in [6, 6.07) is 11.3. The van der Waals surface area contributed by atoms with Crippen molar-refractivity contribution < 1.29 is 19.4 Å². The second-order valence-corrected chi connectivity index (χ2v) is 9.94. The topological polar surface area (TPSA) is 137 Å². The molecule has 1 aromatic heterocycles. The van der Waals surface area contributed by atoms with Crippen LogP contribution in [0, 0.1) is 0 Å². The Hall–Kier alpha value is -3.83. The normalized spacial score (nSPS) is 18.1. The smallest absolute Gasteiger partial charge is 0.407 e. The minimum Gasteiger partial charge on any atom is -0.465 e. The summed E-state index contributed by atoms with van der Waals surface area (Å²) in [7, 11) is 2.05. The van der Waals surface area contributed by atoms with Gasteiger partial charge in [-0.1, -0.05) is 35.9 Å². The molecule has 200 valence electrons. The molecule has 1 unspecified atom stereocenters. The first-order chi connectivity index (χ1) is 18.3. The van der Waals surface area contributed by atoms with Crippen molar-refractivity contribution in [1.29, 1.82) is 0 Å². The largest absolute Gasteiger partial charge is 0.465 e. The third kappa shape index (κ3) is 5.25. The number of likely N-dealkylation sites (tertiary alicyclic amines) is 1. The van der Waals surface area contributed by atoms with E-state index in [4.69, 9.17) is 22.1 Å². The molecule has 3 aromatic rings. The zero-order valence-corrected chi connectivity index (χ0v) is 21.8. The highest BCUT2D eigenvalue weighted by molar-refractivity contribution is 6.37. The predicted molar refractivity (Wildman–Crippen MR) is 146 cm³/mol. The highest BCUT2D eigenvalue weighted by Gasteiger charge is 2.28. The molecule has 12 heteroatoms. The van der Waals surface area contributed by atoms with Crippen LogP contribution in [0.25, 0.3) is 10.8 Å². The number of nitrogen functional groups attached to an aromatic ring is 1. The van der Waals surface area contributed by atoms with Crippen LogP contribution in [0.5, 0.6) is 6.01 Å². The van der Waals surface area contributed by atoms with E-state index in [9.17, 15) is 14.7 Å². The second-order valence-electron chi connectivity index (χ2n) is 9.53. The van der Waals surface area contributed by atoms with E-state index in [0.717, 1.165) is 24.8 Å². The fraction of sp³-hybridized carbons (Fsp3) is 0.385. The Bertz CT molecular complexity index is 1360. The van der Waals surface area contributed by atoms with Crippen LogP contribution in [0.15, 0.2) is 36.4 Å². The minimum absolute atomic E-state index is 0.0190. The van der Waals surface area contributed by atoms with Gasteiger partial charge in [0, 0.05) is 37.6 Å². The van der Waals surface area contributed by atoms with Gasteiger partial charge in [0.25, 0.3) is 5.91 Å². The van der Waals surface area contributed by atoms with E-state index in [1.807, 2.05) is 36.2 Å². The average molecular weight is 540 g/mol. The number of halogens is 1. The van der Waals surface area contributed by atoms with Crippen LogP contribution in [-0.2, 0) is 0 Å². The maximum atomic E-state index is 13.5. The molecule has 3 heterocycles. The molecule has 1 atom stereocenters. The van der Waals surface area contributed by atoms with Gasteiger partial charge < -0.3 is 35.6 Å². The summed E-state index contributed by atoms with van der Waals surface area (Å²) in [4.78, 5) is 39.3. The number of benzene rings is 2. The van der Waals surface area contributed by atoms with Crippen molar-refractivity contribution in [3.05, 3.63) is 47.1 Å². The molecule has 2 aliphatic heterocycles. The van der Waals surface area contributed by atoms with Gasteiger partial charge in [-0.3, -0.25) is 4.79 Å². The number of nitrogens with one attached hydrogen (secondary N) is 1.